The van der Waals surface area contributed by atoms with Crippen LogP contribution >= 0.6 is 0 Å². The van der Waals surface area contributed by atoms with Crippen molar-refractivity contribution >= 4 is 22.6 Å². The molecule has 0 bridgehead atoms. The van der Waals surface area contributed by atoms with Crippen LogP contribution < -0.4 is 10.6 Å². The smallest absolute Gasteiger partial charge is 0.328 e. The fraction of sp³-hybridized carbons (Fsp3) is 0.314. The van der Waals surface area contributed by atoms with Crippen molar-refractivity contribution in [2.24, 2.45) is 0 Å². The molecule has 0 aromatic heterocycles. The summed E-state index contributed by atoms with van der Waals surface area (Å²) in [7, 11) is 1.34. The quantitative estimate of drug-likeness (QED) is 0.234. The summed E-state index contributed by atoms with van der Waals surface area (Å²) >= 11 is 0. The number of methoxy groups -OCH3 is 1. The monoisotopic (exact) mass is 534 g/mol. The van der Waals surface area contributed by atoms with Crippen molar-refractivity contribution in [1.82, 2.24) is 10.6 Å². The van der Waals surface area contributed by atoms with Gasteiger partial charge in [0.2, 0.25) is 0 Å². The third kappa shape index (κ3) is 6.60. The molecular formula is C35H38N2O3. The van der Waals surface area contributed by atoms with Gasteiger partial charge in [0.05, 0.1) is 7.11 Å². The number of ether oxygens (including phenoxy) is 1. The maximum Gasteiger partial charge on any atom is 0.328 e. The first-order valence-electron chi connectivity index (χ1n) is 14.3. The van der Waals surface area contributed by atoms with Gasteiger partial charge in [-0.25, -0.2) is 4.79 Å². The zero-order valence-corrected chi connectivity index (χ0v) is 23.3. The molecule has 4 aromatic carbocycles. The third-order valence-electron chi connectivity index (χ3n) is 8.17. The SMILES string of the molecule is COC(=O)C(Cc1ccccc1)NC(=O)c1ccc(C2CCCC(NC(C)c3cccc4ccccc34)C2)cc1. The molecule has 4 unspecified atom stereocenters. The van der Waals surface area contributed by atoms with Crippen LogP contribution in [0.4, 0.5) is 0 Å². The van der Waals surface area contributed by atoms with Gasteiger partial charge >= 0.3 is 5.97 Å². The lowest BCUT2D eigenvalue weighted by Gasteiger charge is -2.32. The van der Waals surface area contributed by atoms with Gasteiger partial charge in [0.25, 0.3) is 5.91 Å². The number of hydrogen-bond donors (Lipinski definition) is 2. The van der Waals surface area contributed by atoms with Crippen molar-refractivity contribution in [2.75, 3.05) is 7.11 Å². The molecule has 40 heavy (non-hydrogen) atoms. The number of nitrogens with one attached hydrogen (secondary N) is 2. The minimum absolute atomic E-state index is 0.263. The topological polar surface area (TPSA) is 67.4 Å². The summed E-state index contributed by atoms with van der Waals surface area (Å²) in [5.74, 6) is -0.277. The number of hydrogen-bond acceptors (Lipinski definition) is 4. The molecule has 1 saturated carbocycles. The van der Waals surface area contributed by atoms with E-state index in [4.69, 9.17) is 4.74 Å². The minimum Gasteiger partial charge on any atom is -0.467 e. The molecule has 5 nitrogen and oxygen atoms in total. The van der Waals surface area contributed by atoms with E-state index in [-0.39, 0.29) is 11.9 Å². The highest BCUT2D eigenvalue weighted by atomic mass is 16.5. The molecule has 4 aromatic rings. The molecule has 0 aliphatic heterocycles. The van der Waals surface area contributed by atoms with Gasteiger partial charge in [-0.2, -0.15) is 0 Å². The van der Waals surface area contributed by atoms with Gasteiger partial charge in [-0.15, -0.1) is 0 Å². The number of esters is 1. The second kappa shape index (κ2) is 12.9. The summed E-state index contributed by atoms with van der Waals surface area (Å²) in [4.78, 5) is 25.4. The predicted molar refractivity (Wildman–Crippen MR) is 160 cm³/mol. The molecule has 206 valence electrons. The second-order valence-electron chi connectivity index (χ2n) is 10.9. The standard InChI is InChI=1S/C35H38N2O3/c1-24(31-17-9-13-27-12-6-7-16-32(27)31)36-30-15-8-14-29(23-30)26-18-20-28(21-19-26)34(38)37-33(35(39)40-2)22-25-10-4-3-5-11-25/h3-7,9-13,16-21,24,29-30,33,36H,8,14-15,22-23H2,1-2H3,(H,37,38). The first-order chi connectivity index (χ1) is 19.5. The molecule has 1 amide bonds. The van der Waals surface area contributed by atoms with Crippen LogP contribution in [-0.4, -0.2) is 31.1 Å². The van der Waals surface area contributed by atoms with E-state index in [9.17, 15) is 9.59 Å². The number of amides is 1. The molecule has 1 aliphatic rings. The Labute approximate surface area is 237 Å². The summed E-state index contributed by atoms with van der Waals surface area (Å²) < 4.78 is 4.95. The summed E-state index contributed by atoms with van der Waals surface area (Å²) in [6, 6.07) is 32.6. The average Bonchev–Trinajstić information content (AvgIpc) is 3.00. The maximum atomic E-state index is 13.0. The van der Waals surface area contributed by atoms with Gasteiger partial charge < -0.3 is 15.4 Å². The summed E-state index contributed by atoms with van der Waals surface area (Å²) in [6.45, 7) is 2.26. The van der Waals surface area contributed by atoms with Crippen molar-refractivity contribution in [3.63, 3.8) is 0 Å². The summed E-state index contributed by atoms with van der Waals surface area (Å²) in [6.07, 6.45) is 4.94. The average molecular weight is 535 g/mol. The summed E-state index contributed by atoms with van der Waals surface area (Å²) in [5.41, 5.74) is 4.10. The van der Waals surface area contributed by atoms with Crippen molar-refractivity contribution in [1.29, 1.82) is 0 Å². The fourth-order valence-corrected chi connectivity index (χ4v) is 6.05. The lowest BCUT2D eigenvalue weighted by Crippen LogP contribution is -2.43. The minimum atomic E-state index is -0.742. The lowest BCUT2D eigenvalue weighted by molar-refractivity contribution is -0.142. The molecule has 4 atom stereocenters. The Balaban J connectivity index is 1.21. The molecular weight excluding hydrogens is 496 g/mol. The van der Waals surface area contributed by atoms with E-state index in [1.807, 2.05) is 42.5 Å². The summed E-state index contributed by atoms with van der Waals surface area (Å²) in [5, 5.41) is 9.36. The van der Waals surface area contributed by atoms with Crippen LogP contribution in [0.1, 0.15) is 71.6 Å². The Morgan fingerprint density at radius 3 is 2.38 bits per heavy atom. The Morgan fingerprint density at radius 1 is 0.875 bits per heavy atom. The Hall–Kier alpha value is -3.96. The Kier molecular flexibility index (Phi) is 8.92. The van der Waals surface area contributed by atoms with Crippen molar-refractivity contribution in [3.8, 4) is 0 Å². The molecule has 1 fully saturated rings. The highest BCUT2D eigenvalue weighted by Gasteiger charge is 2.26. The van der Waals surface area contributed by atoms with E-state index in [1.54, 1.807) is 0 Å². The van der Waals surface area contributed by atoms with Crippen LogP contribution in [0.5, 0.6) is 0 Å². The highest BCUT2D eigenvalue weighted by molar-refractivity contribution is 5.96. The number of rotatable bonds is 9. The lowest BCUT2D eigenvalue weighted by atomic mass is 9.80. The molecule has 0 spiro atoms. The second-order valence-corrected chi connectivity index (χ2v) is 10.9. The Bertz CT molecular complexity index is 1430. The van der Waals surface area contributed by atoms with Crippen LogP contribution in [-0.2, 0) is 16.0 Å². The molecule has 2 N–H and O–H groups in total. The van der Waals surface area contributed by atoms with Crippen LogP contribution in [0.15, 0.2) is 97.1 Å². The molecule has 1 aliphatic carbocycles. The van der Waals surface area contributed by atoms with Gasteiger partial charge in [-0.05, 0) is 71.7 Å². The van der Waals surface area contributed by atoms with E-state index in [0.29, 0.717) is 23.9 Å². The van der Waals surface area contributed by atoms with Crippen LogP contribution in [0.3, 0.4) is 0 Å². The van der Waals surface area contributed by atoms with E-state index >= 15 is 0 Å². The predicted octanol–water partition coefficient (Wildman–Crippen LogP) is 6.73. The Morgan fingerprint density at radius 2 is 1.60 bits per heavy atom. The molecule has 5 rings (SSSR count). The van der Waals surface area contributed by atoms with Gasteiger partial charge in [-0.1, -0.05) is 91.3 Å². The molecule has 5 heteroatoms. The van der Waals surface area contributed by atoms with E-state index in [1.165, 1.54) is 41.9 Å². The number of carbonyl (C=O) groups excluding carboxylic acids is 2. The van der Waals surface area contributed by atoms with Gasteiger partial charge in [0.15, 0.2) is 0 Å². The fourth-order valence-electron chi connectivity index (χ4n) is 6.05. The van der Waals surface area contributed by atoms with Crippen LogP contribution in [0.25, 0.3) is 10.8 Å². The molecule has 0 heterocycles. The van der Waals surface area contributed by atoms with Gasteiger partial charge in [0.1, 0.15) is 6.04 Å². The van der Waals surface area contributed by atoms with E-state index in [0.717, 1.165) is 18.4 Å². The maximum absolute atomic E-state index is 13.0. The zero-order valence-electron chi connectivity index (χ0n) is 23.3. The molecule has 0 radical (unpaired) electrons. The highest BCUT2D eigenvalue weighted by Crippen LogP contribution is 2.34. The van der Waals surface area contributed by atoms with E-state index in [2.05, 4.69) is 72.2 Å². The first-order valence-corrected chi connectivity index (χ1v) is 14.3. The number of benzene rings is 4. The van der Waals surface area contributed by atoms with Crippen molar-refractivity contribution in [3.05, 3.63) is 119 Å². The van der Waals surface area contributed by atoms with Crippen molar-refractivity contribution in [2.45, 2.75) is 63.1 Å². The van der Waals surface area contributed by atoms with Crippen LogP contribution in [0, 0.1) is 0 Å². The van der Waals surface area contributed by atoms with Crippen molar-refractivity contribution < 1.29 is 14.3 Å². The van der Waals surface area contributed by atoms with Crippen LogP contribution in [0.2, 0.25) is 0 Å². The largest absolute Gasteiger partial charge is 0.467 e. The number of fused-ring (bicyclic) bond motifs is 1. The van der Waals surface area contributed by atoms with E-state index < -0.39 is 12.0 Å². The number of carbonyl (C=O) groups is 2. The molecule has 0 saturated heterocycles. The van der Waals surface area contributed by atoms with Gasteiger partial charge in [-0.3, -0.25) is 4.79 Å². The van der Waals surface area contributed by atoms with Gasteiger partial charge in [0, 0.05) is 24.1 Å². The normalized spacial score (nSPS) is 18.6. The zero-order chi connectivity index (χ0) is 27.9. The third-order valence-corrected chi connectivity index (χ3v) is 8.17. The first kappa shape index (κ1) is 27.6.